The first-order valence-corrected chi connectivity index (χ1v) is 9.65. The van der Waals surface area contributed by atoms with E-state index in [-0.39, 0.29) is 34.3 Å². The zero-order chi connectivity index (χ0) is 25.8. The largest absolute Gasteiger partial charge is 0.573 e. The van der Waals surface area contributed by atoms with Crippen molar-refractivity contribution in [3.63, 3.8) is 0 Å². The molecule has 2 heterocycles. The van der Waals surface area contributed by atoms with E-state index < -0.39 is 35.4 Å². The number of amides is 1. The van der Waals surface area contributed by atoms with Crippen LogP contribution >= 0.6 is 0 Å². The first-order valence-electron chi connectivity index (χ1n) is 9.65. The second-order valence-corrected chi connectivity index (χ2v) is 6.73. The Morgan fingerprint density at radius 1 is 1.00 bits per heavy atom. The van der Waals surface area contributed by atoms with Crippen LogP contribution in [0.1, 0.15) is 26.5 Å². The predicted molar refractivity (Wildman–Crippen MR) is 112 cm³/mol. The van der Waals surface area contributed by atoms with Gasteiger partial charge in [0, 0.05) is 18.0 Å². The van der Waals surface area contributed by atoms with Gasteiger partial charge in [0.1, 0.15) is 17.0 Å². The number of methoxy groups -OCH3 is 2. The van der Waals surface area contributed by atoms with Gasteiger partial charge in [0.05, 0.1) is 26.1 Å². The summed E-state index contributed by atoms with van der Waals surface area (Å²) in [5.74, 6) is -3.96. The van der Waals surface area contributed by atoms with Crippen molar-refractivity contribution < 1.29 is 46.1 Å². The van der Waals surface area contributed by atoms with Crippen LogP contribution in [0.25, 0.3) is 0 Å². The quantitative estimate of drug-likeness (QED) is 0.372. The van der Waals surface area contributed by atoms with Crippen LogP contribution in [0.15, 0.2) is 42.7 Å². The average Bonchev–Trinajstić information content (AvgIpc) is 2.81. The van der Waals surface area contributed by atoms with Gasteiger partial charge in [-0.1, -0.05) is 0 Å². The lowest BCUT2D eigenvalue weighted by Crippen LogP contribution is -2.17. The zero-order valence-corrected chi connectivity index (χ0v) is 18.4. The van der Waals surface area contributed by atoms with Crippen LogP contribution in [0.4, 0.5) is 23.2 Å². The van der Waals surface area contributed by atoms with Gasteiger partial charge in [-0.15, -0.1) is 13.2 Å². The van der Waals surface area contributed by atoms with Crippen LogP contribution in [-0.4, -0.2) is 42.4 Å². The molecule has 0 spiro atoms. The van der Waals surface area contributed by atoms with Crippen LogP contribution < -0.4 is 19.5 Å². The number of anilines is 1. The third kappa shape index (κ3) is 6.13. The molecule has 0 aliphatic carbocycles. The van der Waals surface area contributed by atoms with Gasteiger partial charge < -0.3 is 24.3 Å². The highest BCUT2D eigenvalue weighted by Gasteiger charge is 2.31. The zero-order valence-electron chi connectivity index (χ0n) is 18.4. The van der Waals surface area contributed by atoms with Crippen LogP contribution in [0.2, 0.25) is 0 Å². The summed E-state index contributed by atoms with van der Waals surface area (Å²) in [5, 5.41) is 2.42. The second-order valence-electron chi connectivity index (χ2n) is 6.73. The molecule has 0 unspecified atom stereocenters. The number of ether oxygens (including phenoxy) is 4. The van der Waals surface area contributed by atoms with E-state index >= 15 is 0 Å². The van der Waals surface area contributed by atoms with E-state index in [0.29, 0.717) is 0 Å². The predicted octanol–water partition coefficient (Wildman–Crippen LogP) is 4.66. The van der Waals surface area contributed by atoms with Crippen molar-refractivity contribution in [3.8, 4) is 23.0 Å². The molecule has 3 rings (SSSR count). The number of aryl methyl sites for hydroxylation is 1. The van der Waals surface area contributed by atoms with Gasteiger partial charge in [-0.3, -0.25) is 9.78 Å². The van der Waals surface area contributed by atoms with Gasteiger partial charge in [-0.2, -0.15) is 0 Å². The minimum Gasteiger partial charge on any atom is -0.493 e. The van der Waals surface area contributed by atoms with Crippen LogP contribution in [0.3, 0.4) is 0 Å². The Morgan fingerprint density at radius 3 is 2.40 bits per heavy atom. The smallest absolute Gasteiger partial charge is 0.493 e. The minimum absolute atomic E-state index is 0.0981. The molecule has 0 fully saturated rings. The summed E-state index contributed by atoms with van der Waals surface area (Å²) in [4.78, 5) is 32.3. The number of hydrogen-bond donors (Lipinski definition) is 1. The fourth-order valence-corrected chi connectivity index (χ4v) is 2.82. The first kappa shape index (κ1) is 25.2. The number of halogens is 4. The van der Waals surface area contributed by atoms with Gasteiger partial charge in [-0.05, 0) is 31.2 Å². The number of nitrogens with zero attached hydrogens (tertiary/aromatic N) is 2. The fraction of sp³-hybridized carbons (Fsp3) is 0.182. The Bertz CT molecular complexity index is 1270. The van der Waals surface area contributed by atoms with Gasteiger partial charge in [-0.25, -0.2) is 14.2 Å². The fourth-order valence-electron chi connectivity index (χ4n) is 2.82. The monoisotopic (exact) mass is 495 g/mol. The van der Waals surface area contributed by atoms with Crippen LogP contribution in [-0.2, 0) is 4.74 Å². The molecule has 3 aromatic rings. The SMILES string of the molecule is COC(=O)c1cc(NC(=O)c2c(Oc3ccc(OC(F)(F)F)cc3OC)cnc(C)c2F)ccn1. The molecule has 0 aliphatic rings. The summed E-state index contributed by atoms with van der Waals surface area (Å²) in [6.07, 6.45) is -2.62. The summed E-state index contributed by atoms with van der Waals surface area (Å²) in [7, 11) is 2.33. The first-order chi connectivity index (χ1) is 16.5. The van der Waals surface area contributed by atoms with E-state index in [1.807, 2.05) is 0 Å². The van der Waals surface area contributed by atoms with Crippen LogP contribution in [0.5, 0.6) is 23.0 Å². The van der Waals surface area contributed by atoms with E-state index in [1.54, 1.807) is 0 Å². The van der Waals surface area contributed by atoms with E-state index in [9.17, 15) is 27.2 Å². The lowest BCUT2D eigenvalue weighted by atomic mass is 10.1. The molecule has 2 aromatic heterocycles. The van der Waals surface area contributed by atoms with Gasteiger partial charge in [0.2, 0.25) is 0 Å². The highest BCUT2D eigenvalue weighted by atomic mass is 19.4. The van der Waals surface area contributed by atoms with Crippen molar-refractivity contribution >= 4 is 17.6 Å². The van der Waals surface area contributed by atoms with Crippen molar-refractivity contribution in [3.05, 3.63) is 65.5 Å². The Morgan fingerprint density at radius 2 is 1.74 bits per heavy atom. The maximum Gasteiger partial charge on any atom is 0.573 e. The van der Waals surface area contributed by atoms with E-state index in [2.05, 4.69) is 24.8 Å². The molecule has 0 saturated heterocycles. The number of hydrogen-bond acceptors (Lipinski definition) is 8. The molecule has 1 aromatic carbocycles. The molecule has 0 radical (unpaired) electrons. The summed E-state index contributed by atoms with van der Waals surface area (Å²) in [6.45, 7) is 1.32. The summed E-state index contributed by atoms with van der Waals surface area (Å²) < 4.78 is 71.5. The van der Waals surface area contributed by atoms with Gasteiger partial charge in [0.15, 0.2) is 23.1 Å². The Labute approximate surface area is 195 Å². The lowest BCUT2D eigenvalue weighted by molar-refractivity contribution is -0.274. The Hall–Kier alpha value is -4.42. The molecular weight excluding hydrogens is 478 g/mol. The number of aromatic nitrogens is 2. The summed E-state index contributed by atoms with van der Waals surface area (Å²) >= 11 is 0. The lowest BCUT2D eigenvalue weighted by Gasteiger charge is -2.16. The Balaban J connectivity index is 1.94. The molecule has 35 heavy (non-hydrogen) atoms. The van der Waals surface area contributed by atoms with Crippen molar-refractivity contribution in [2.24, 2.45) is 0 Å². The number of carbonyl (C=O) groups is 2. The molecule has 0 aliphatic heterocycles. The molecule has 1 amide bonds. The third-order valence-corrected chi connectivity index (χ3v) is 4.39. The van der Waals surface area contributed by atoms with E-state index in [1.165, 1.54) is 32.4 Å². The standard InChI is InChI=1S/C22H17F4N3O6/c1-11-19(23)18(20(30)29-12-6-7-27-14(8-12)21(31)33-3)17(10-28-11)34-15-5-4-13(9-16(15)32-2)35-22(24,25)26/h4-10H,1-3H3,(H,27,29,30). The number of carbonyl (C=O) groups excluding carboxylic acids is 2. The van der Waals surface area contributed by atoms with E-state index in [0.717, 1.165) is 31.5 Å². The van der Waals surface area contributed by atoms with E-state index in [4.69, 9.17) is 9.47 Å². The van der Waals surface area contributed by atoms with Crippen LogP contribution in [0, 0.1) is 12.7 Å². The molecule has 1 N–H and O–H groups in total. The maximum absolute atomic E-state index is 14.9. The normalized spacial score (nSPS) is 10.9. The van der Waals surface area contributed by atoms with Crippen molar-refractivity contribution in [2.45, 2.75) is 13.3 Å². The third-order valence-electron chi connectivity index (χ3n) is 4.39. The second kappa shape index (κ2) is 10.2. The number of pyridine rings is 2. The maximum atomic E-state index is 14.9. The van der Waals surface area contributed by atoms with Crippen molar-refractivity contribution in [1.29, 1.82) is 0 Å². The minimum atomic E-state index is -4.93. The highest BCUT2D eigenvalue weighted by molar-refractivity contribution is 6.06. The molecule has 13 heteroatoms. The highest BCUT2D eigenvalue weighted by Crippen LogP contribution is 2.38. The topological polar surface area (TPSA) is 109 Å². The summed E-state index contributed by atoms with van der Waals surface area (Å²) in [5.41, 5.74) is -0.657. The number of benzene rings is 1. The molecule has 184 valence electrons. The number of rotatable bonds is 7. The number of esters is 1. The van der Waals surface area contributed by atoms with Gasteiger partial charge >= 0.3 is 12.3 Å². The van der Waals surface area contributed by atoms with Gasteiger partial charge in [0.25, 0.3) is 5.91 Å². The average molecular weight is 495 g/mol. The molecule has 0 bridgehead atoms. The molecule has 0 saturated carbocycles. The molecular formula is C22H17F4N3O6. The summed E-state index contributed by atoms with van der Waals surface area (Å²) in [6, 6.07) is 5.53. The number of nitrogens with one attached hydrogen (secondary N) is 1. The number of alkyl halides is 3. The Kier molecular flexibility index (Phi) is 7.37. The molecule has 9 nitrogen and oxygen atoms in total. The molecule has 0 atom stereocenters. The van der Waals surface area contributed by atoms with Crippen molar-refractivity contribution in [1.82, 2.24) is 9.97 Å². The van der Waals surface area contributed by atoms with Crippen molar-refractivity contribution in [2.75, 3.05) is 19.5 Å².